The van der Waals surface area contributed by atoms with Gasteiger partial charge in [-0.15, -0.1) is 0 Å². The minimum atomic E-state index is -1.57. The molecule has 0 bridgehead atoms. The maximum Gasteiger partial charge on any atom is 0.514 e. The lowest BCUT2D eigenvalue weighted by Gasteiger charge is -2.27. The second-order valence-electron chi connectivity index (χ2n) is 10.9. The molecule has 40 heavy (non-hydrogen) atoms. The number of carbonyl (C=O) groups excluding carboxylic acids is 4. The Morgan fingerprint density at radius 1 is 0.850 bits per heavy atom. The molecule has 226 valence electrons. The maximum absolute atomic E-state index is 12.6. The summed E-state index contributed by atoms with van der Waals surface area (Å²) in [5, 5.41) is 0. The number of benzene rings is 1. The van der Waals surface area contributed by atoms with Crippen LogP contribution in [0.5, 0.6) is 11.5 Å². The lowest BCUT2D eigenvalue weighted by atomic mass is 9.88. The Morgan fingerprint density at radius 3 is 1.85 bits per heavy atom. The van der Waals surface area contributed by atoms with Crippen LogP contribution < -0.4 is 15.2 Å². The molecule has 0 amide bonds. The Bertz CT molecular complexity index is 1000. The van der Waals surface area contributed by atoms with Crippen LogP contribution in [0.25, 0.3) is 0 Å². The van der Waals surface area contributed by atoms with Crippen molar-refractivity contribution in [2.24, 2.45) is 11.1 Å². The number of esters is 2. The van der Waals surface area contributed by atoms with Crippen molar-refractivity contribution in [3.05, 3.63) is 23.8 Å². The molecule has 1 aromatic carbocycles. The molecule has 0 aliphatic rings. The van der Waals surface area contributed by atoms with E-state index in [2.05, 4.69) is 0 Å². The summed E-state index contributed by atoms with van der Waals surface area (Å²) in [6, 6.07) is 4.37. The van der Waals surface area contributed by atoms with E-state index in [9.17, 15) is 19.2 Å². The number of hydrogen-bond acceptors (Lipinski definition) is 11. The lowest BCUT2D eigenvalue weighted by Crippen LogP contribution is -2.51. The molecular weight excluding hydrogens is 522 g/mol. The van der Waals surface area contributed by atoms with Gasteiger partial charge in [0.05, 0.1) is 19.1 Å². The molecule has 0 radical (unpaired) electrons. The van der Waals surface area contributed by atoms with Gasteiger partial charge in [-0.2, -0.15) is 0 Å². The molecule has 0 saturated heterocycles. The summed E-state index contributed by atoms with van der Waals surface area (Å²) in [6.45, 7) is 12.4. The molecule has 0 heterocycles. The lowest BCUT2D eigenvalue weighted by molar-refractivity contribution is -0.156. The van der Waals surface area contributed by atoms with Crippen molar-refractivity contribution in [2.45, 2.75) is 105 Å². The van der Waals surface area contributed by atoms with Crippen LogP contribution in [-0.2, 0) is 35.0 Å². The molecule has 1 rings (SSSR count). The predicted molar refractivity (Wildman–Crippen MR) is 147 cm³/mol. The van der Waals surface area contributed by atoms with Crippen LogP contribution in [0.15, 0.2) is 18.2 Å². The van der Waals surface area contributed by atoms with Gasteiger partial charge < -0.3 is 34.2 Å². The highest BCUT2D eigenvalue weighted by molar-refractivity contribution is 5.81. The zero-order valence-electron chi connectivity index (χ0n) is 25.0. The van der Waals surface area contributed by atoms with E-state index in [-0.39, 0.29) is 37.1 Å². The summed E-state index contributed by atoms with van der Waals surface area (Å²) in [5.41, 5.74) is 4.60. The molecule has 3 atom stereocenters. The summed E-state index contributed by atoms with van der Waals surface area (Å²) >= 11 is 0. The third-order valence-electron chi connectivity index (χ3n) is 5.89. The van der Waals surface area contributed by atoms with E-state index in [1.54, 1.807) is 40.7 Å². The van der Waals surface area contributed by atoms with Crippen molar-refractivity contribution in [3.63, 3.8) is 0 Å². The van der Waals surface area contributed by atoms with Crippen molar-refractivity contribution in [1.29, 1.82) is 0 Å². The first kappa shape index (κ1) is 34.7. The van der Waals surface area contributed by atoms with E-state index in [1.807, 2.05) is 13.8 Å². The van der Waals surface area contributed by atoms with E-state index in [0.29, 0.717) is 18.4 Å². The van der Waals surface area contributed by atoms with Gasteiger partial charge in [0.25, 0.3) is 0 Å². The van der Waals surface area contributed by atoms with Crippen LogP contribution in [0.1, 0.15) is 86.1 Å². The van der Waals surface area contributed by atoms with Gasteiger partial charge >= 0.3 is 24.2 Å². The first-order valence-corrected chi connectivity index (χ1v) is 13.6. The minimum absolute atomic E-state index is 0.0336. The zero-order valence-corrected chi connectivity index (χ0v) is 25.0. The summed E-state index contributed by atoms with van der Waals surface area (Å²) in [6.07, 6.45) is 0.0869. The molecule has 0 aliphatic carbocycles. The number of nitrogens with two attached hydrogens (primary N) is 1. The van der Waals surface area contributed by atoms with Crippen LogP contribution in [0.3, 0.4) is 0 Å². The summed E-state index contributed by atoms with van der Waals surface area (Å²) in [7, 11) is 1.20. The largest absolute Gasteiger partial charge is 0.514 e. The first-order valence-electron chi connectivity index (χ1n) is 13.6. The SMILES string of the molecule is CCCC(C)OC(=O)Oc1cc(C[C@](N)(CCOC(=O)C(C)(C)C)C(=O)OC)ccc1OC(=O)O[C@@H](C)CCC. The van der Waals surface area contributed by atoms with Crippen LogP contribution in [-0.4, -0.2) is 55.7 Å². The number of rotatable bonds is 14. The van der Waals surface area contributed by atoms with E-state index >= 15 is 0 Å². The highest BCUT2D eigenvalue weighted by Gasteiger charge is 2.36. The number of methoxy groups -OCH3 is 1. The van der Waals surface area contributed by atoms with Gasteiger partial charge in [0.2, 0.25) is 0 Å². The highest BCUT2D eigenvalue weighted by Crippen LogP contribution is 2.32. The van der Waals surface area contributed by atoms with E-state index in [1.165, 1.54) is 19.2 Å². The second kappa shape index (κ2) is 16.1. The van der Waals surface area contributed by atoms with Gasteiger partial charge in [-0.25, -0.2) is 9.59 Å². The van der Waals surface area contributed by atoms with Crippen molar-refractivity contribution in [3.8, 4) is 11.5 Å². The molecule has 1 unspecified atom stereocenters. The van der Waals surface area contributed by atoms with Gasteiger partial charge in [0.15, 0.2) is 11.5 Å². The molecule has 0 spiro atoms. The Balaban J connectivity index is 3.22. The standard InChI is InChI=1S/C29H45NO10/c1-9-11-19(3)37-26(33)39-22-14-13-21(17-23(22)40-27(34)38-20(4)12-10-2)18-29(30,25(32)35-8)15-16-36-24(31)28(5,6)7/h13-14,17,19-20H,9-12,15-16,18,30H2,1-8H3/t19-,20?,29+/m0/s1. The topological polar surface area (TPSA) is 150 Å². The molecule has 2 N–H and O–H groups in total. The number of carbonyl (C=O) groups is 4. The van der Waals surface area contributed by atoms with Crippen molar-refractivity contribution in [2.75, 3.05) is 13.7 Å². The summed E-state index contributed by atoms with van der Waals surface area (Å²) in [5.74, 6) is -1.37. The highest BCUT2D eigenvalue weighted by atomic mass is 16.7. The van der Waals surface area contributed by atoms with Crippen LogP contribution >= 0.6 is 0 Å². The third-order valence-corrected chi connectivity index (χ3v) is 5.89. The van der Waals surface area contributed by atoms with Crippen LogP contribution in [0, 0.1) is 5.41 Å². The normalized spacial score (nSPS) is 14.2. The van der Waals surface area contributed by atoms with Gasteiger partial charge in [0, 0.05) is 12.8 Å². The Hall–Kier alpha value is -3.34. The van der Waals surface area contributed by atoms with Crippen molar-refractivity contribution in [1.82, 2.24) is 0 Å². The molecule has 0 aromatic heterocycles. The first-order chi connectivity index (χ1) is 18.6. The Morgan fingerprint density at radius 2 is 1.38 bits per heavy atom. The number of hydrogen-bond donors (Lipinski definition) is 1. The average Bonchev–Trinajstić information content (AvgIpc) is 2.84. The fraction of sp³-hybridized carbons (Fsp3) is 0.655. The van der Waals surface area contributed by atoms with Crippen LogP contribution in [0.4, 0.5) is 9.59 Å². The van der Waals surface area contributed by atoms with E-state index in [4.69, 9.17) is 34.2 Å². The summed E-state index contributed by atoms with van der Waals surface area (Å²) < 4.78 is 31.4. The molecule has 0 fully saturated rings. The molecule has 0 saturated carbocycles. The second-order valence-corrected chi connectivity index (χ2v) is 10.9. The van der Waals surface area contributed by atoms with Gasteiger partial charge in [-0.3, -0.25) is 9.59 Å². The molecule has 0 aliphatic heterocycles. The van der Waals surface area contributed by atoms with Crippen molar-refractivity contribution < 1.29 is 47.6 Å². The van der Waals surface area contributed by atoms with Gasteiger partial charge in [-0.05, 0) is 65.2 Å². The third kappa shape index (κ3) is 11.8. The monoisotopic (exact) mass is 567 g/mol. The molecule has 11 nitrogen and oxygen atoms in total. The van der Waals surface area contributed by atoms with Gasteiger partial charge in [-0.1, -0.05) is 32.8 Å². The average molecular weight is 568 g/mol. The van der Waals surface area contributed by atoms with E-state index in [0.717, 1.165) is 12.8 Å². The predicted octanol–water partition coefficient (Wildman–Crippen LogP) is 5.49. The van der Waals surface area contributed by atoms with Crippen molar-refractivity contribution >= 4 is 24.2 Å². The molecule has 11 heteroatoms. The maximum atomic E-state index is 12.6. The van der Waals surface area contributed by atoms with Crippen LogP contribution in [0.2, 0.25) is 0 Å². The Labute approximate surface area is 236 Å². The smallest absolute Gasteiger partial charge is 0.468 e. The number of ether oxygens (including phenoxy) is 6. The Kier molecular flexibility index (Phi) is 13.9. The quantitative estimate of drug-likeness (QED) is 0.173. The molecule has 1 aromatic rings. The molecular formula is C29H45NO10. The summed E-state index contributed by atoms with van der Waals surface area (Å²) in [4.78, 5) is 49.6. The fourth-order valence-corrected chi connectivity index (χ4v) is 3.69. The van der Waals surface area contributed by atoms with E-state index < -0.39 is 41.3 Å². The zero-order chi connectivity index (χ0) is 30.5. The minimum Gasteiger partial charge on any atom is -0.468 e. The fourth-order valence-electron chi connectivity index (χ4n) is 3.69. The van der Waals surface area contributed by atoms with Gasteiger partial charge in [0.1, 0.15) is 17.7 Å².